The van der Waals surface area contributed by atoms with Crippen LogP contribution in [0.15, 0.2) is 0 Å². The van der Waals surface area contributed by atoms with Crippen LogP contribution < -0.4 is 0 Å². The lowest BCUT2D eigenvalue weighted by molar-refractivity contribution is -0.873. The molecule has 0 radical (unpaired) electrons. The van der Waals surface area contributed by atoms with Crippen molar-refractivity contribution in [2.24, 2.45) is 5.92 Å². The van der Waals surface area contributed by atoms with Crippen molar-refractivity contribution in [3.63, 3.8) is 0 Å². The highest BCUT2D eigenvalue weighted by molar-refractivity contribution is 5.69. The van der Waals surface area contributed by atoms with Gasteiger partial charge in [-0.15, -0.1) is 0 Å². The minimum absolute atomic E-state index is 0.0704. The molecule has 1 unspecified atom stereocenters. The Bertz CT molecular complexity index is 209. The van der Waals surface area contributed by atoms with Gasteiger partial charge in [0, 0.05) is 5.92 Å². The summed E-state index contributed by atoms with van der Waals surface area (Å²) in [5.41, 5.74) is 0. The monoisotopic (exact) mass is 244 g/mol. The number of unbranched alkanes of at least 4 members (excludes halogenated alkanes) is 3. The Balaban J connectivity index is 4.06. The summed E-state index contributed by atoms with van der Waals surface area (Å²) in [7, 11) is 8.01. The highest BCUT2D eigenvalue weighted by Crippen LogP contribution is 2.17. The second-order valence-electron chi connectivity index (χ2n) is 5.97. The zero-order valence-electron chi connectivity index (χ0n) is 12.3. The van der Waals surface area contributed by atoms with Gasteiger partial charge in [-0.25, -0.2) is 0 Å². The fraction of sp³-hybridized carbons (Fsp3) is 0.929. The summed E-state index contributed by atoms with van der Waals surface area (Å²) < 4.78 is 5.69. The molecule has 3 nitrogen and oxygen atoms in total. The molecule has 0 amide bonds. The highest BCUT2D eigenvalue weighted by Gasteiger charge is 2.21. The smallest absolute Gasteiger partial charge is 0.306 e. The average molecular weight is 244 g/mol. The van der Waals surface area contributed by atoms with E-state index >= 15 is 0 Å². The average Bonchev–Trinajstić information content (AvgIpc) is 2.21. The van der Waals surface area contributed by atoms with E-state index in [4.69, 9.17) is 4.74 Å². The number of carbonyl (C=O) groups excluding carboxylic acids is 1. The molecule has 0 fully saturated rings. The SMILES string of the molecule is CCCCCCC(CC(=O)OC)C[N+](C)(C)C. The highest BCUT2D eigenvalue weighted by atomic mass is 16.5. The minimum Gasteiger partial charge on any atom is -0.469 e. The maximum Gasteiger partial charge on any atom is 0.306 e. The molecular weight excluding hydrogens is 214 g/mol. The van der Waals surface area contributed by atoms with Crippen LogP contribution in [0.1, 0.15) is 45.4 Å². The van der Waals surface area contributed by atoms with Crippen LogP contribution in [0.4, 0.5) is 0 Å². The number of nitrogens with zero attached hydrogens (tertiary/aromatic N) is 1. The predicted octanol–water partition coefficient (Wildman–Crippen LogP) is 2.84. The Morgan fingerprint density at radius 1 is 1.18 bits per heavy atom. The Labute approximate surface area is 107 Å². The summed E-state index contributed by atoms with van der Waals surface area (Å²) in [6.45, 7) is 3.26. The predicted molar refractivity (Wildman–Crippen MR) is 71.8 cm³/mol. The topological polar surface area (TPSA) is 26.3 Å². The Kier molecular flexibility index (Phi) is 8.23. The van der Waals surface area contributed by atoms with Crippen LogP contribution in [-0.2, 0) is 9.53 Å². The van der Waals surface area contributed by atoms with Crippen LogP contribution in [0.2, 0.25) is 0 Å². The normalized spacial score (nSPS) is 13.5. The van der Waals surface area contributed by atoms with Gasteiger partial charge in [0.1, 0.15) is 0 Å². The zero-order valence-corrected chi connectivity index (χ0v) is 12.3. The lowest BCUT2D eigenvalue weighted by atomic mass is 9.96. The molecule has 0 N–H and O–H groups in total. The lowest BCUT2D eigenvalue weighted by Crippen LogP contribution is -2.39. The van der Waals surface area contributed by atoms with Crippen molar-refractivity contribution in [2.45, 2.75) is 45.4 Å². The van der Waals surface area contributed by atoms with E-state index in [-0.39, 0.29) is 5.97 Å². The molecule has 3 heteroatoms. The van der Waals surface area contributed by atoms with Crippen molar-refractivity contribution in [2.75, 3.05) is 34.8 Å². The van der Waals surface area contributed by atoms with Crippen LogP contribution in [0.5, 0.6) is 0 Å². The molecule has 0 aliphatic rings. The van der Waals surface area contributed by atoms with Crippen molar-refractivity contribution in [1.29, 1.82) is 0 Å². The molecular formula is C14H30NO2+. The van der Waals surface area contributed by atoms with E-state index < -0.39 is 0 Å². The number of quaternary nitrogens is 1. The molecule has 0 rings (SSSR count). The van der Waals surface area contributed by atoms with Gasteiger partial charge in [-0.05, 0) is 6.42 Å². The van der Waals surface area contributed by atoms with Gasteiger partial charge in [0.15, 0.2) is 0 Å². The molecule has 17 heavy (non-hydrogen) atoms. The van der Waals surface area contributed by atoms with Crippen LogP contribution in [-0.4, -0.2) is 45.2 Å². The van der Waals surface area contributed by atoms with Gasteiger partial charge < -0.3 is 9.22 Å². The molecule has 0 aromatic carbocycles. The van der Waals surface area contributed by atoms with Crippen molar-refractivity contribution in [3.05, 3.63) is 0 Å². The van der Waals surface area contributed by atoms with Gasteiger partial charge in [-0.1, -0.05) is 32.6 Å². The molecule has 0 aromatic rings. The molecule has 0 heterocycles. The molecule has 0 saturated heterocycles. The van der Waals surface area contributed by atoms with Gasteiger partial charge in [-0.3, -0.25) is 4.79 Å². The van der Waals surface area contributed by atoms with Gasteiger partial charge >= 0.3 is 5.97 Å². The fourth-order valence-electron chi connectivity index (χ4n) is 2.21. The maximum atomic E-state index is 11.4. The summed E-state index contributed by atoms with van der Waals surface area (Å²) in [5.74, 6) is 0.387. The summed E-state index contributed by atoms with van der Waals surface area (Å²) in [6.07, 6.45) is 6.79. The second-order valence-corrected chi connectivity index (χ2v) is 5.97. The first-order valence-electron chi connectivity index (χ1n) is 6.76. The number of esters is 1. The Morgan fingerprint density at radius 2 is 1.82 bits per heavy atom. The van der Waals surface area contributed by atoms with Crippen molar-refractivity contribution >= 4 is 5.97 Å². The summed E-state index contributed by atoms with van der Waals surface area (Å²) >= 11 is 0. The number of hydrogen-bond donors (Lipinski definition) is 0. The third-order valence-electron chi connectivity index (χ3n) is 2.95. The Morgan fingerprint density at radius 3 is 2.29 bits per heavy atom. The number of rotatable bonds is 9. The second kappa shape index (κ2) is 8.51. The molecule has 0 spiro atoms. The standard InChI is InChI=1S/C14H30NO2/c1-6-7-8-9-10-13(11-14(16)17-5)12-15(2,3)4/h13H,6-12H2,1-5H3/q+1. The number of carbonyl (C=O) groups is 1. The fourth-order valence-corrected chi connectivity index (χ4v) is 2.21. The molecule has 0 bridgehead atoms. The van der Waals surface area contributed by atoms with E-state index in [9.17, 15) is 4.79 Å². The largest absolute Gasteiger partial charge is 0.469 e. The molecule has 1 atom stereocenters. The first-order valence-corrected chi connectivity index (χ1v) is 6.76. The lowest BCUT2D eigenvalue weighted by Gasteiger charge is -2.28. The summed E-state index contributed by atoms with van der Waals surface area (Å²) in [4.78, 5) is 11.4. The van der Waals surface area contributed by atoms with E-state index in [1.54, 1.807) is 0 Å². The van der Waals surface area contributed by atoms with Gasteiger partial charge in [0.25, 0.3) is 0 Å². The molecule has 0 aliphatic carbocycles. The van der Waals surface area contributed by atoms with E-state index in [0.717, 1.165) is 17.4 Å². The van der Waals surface area contributed by atoms with E-state index in [2.05, 4.69) is 28.1 Å². The maximum absolute atomic E-state index is 11.4. The van der Waals surface area contributed by atoms with Gasteiger partial charge in [-0.2, -0.15) is 0 Å². The van der Waals surface area contributed by atoms with Gasteiger partial charge in [0.05, 0.1) is 41.2 Å². The summed E-state index contributed by atoms with van der Waals surface area (Å²) in [5, 5.41) is 0. The number of ether oxygens (including phenoxy) is 1. The van der Waals surface area contributed by atoms with Gasteiger partial charge in [0.2, 0.25) is 0 Å². The van der Waals surface area contributed by atoms with E-state index in [0.29, 0.717) is 12.3 Å². The summed E-state index contributed by atoms with van der Waals surface area (Å²) in [6, 6.07) is 0. The molecule has 0 saturated carbocycles. The van der Waals surface area contributed by atoms with Crippen LogP contribution in [0.25, 0.3) is 0 Å². The first kappa shape index (κ1) is 16.4. The quantitative estimate of drug-likeness (QED) is 0.354. The van der Waals surface area contributed by atoms with Crippen LogP contribution in [0, 0.1) is 5.92 Å². The molecule has 0 aliphatic heterocycles. The first-order chi connectivity index (χ1) is 7.89. The van der Waals surface area contributed by atoms with Crippen LogP contribution in [0.3, 0.4) is 0 Å². The van der Waals surface area contributed by atoms with Crippen molar-refractivity contribution in [3.8, 4) is 0 Å². The van der Waals surface area contributed by atoms with Crippen LogP contribution >= 0.6 is 0 Å². The molecule has 102 valence electrons. The van der Waals surface area contributed by atoms with Crippen molar-refractivity contribution in [1.82, 2.24) is 0 Å². The van der Waals surface area contributed by atoms with E-state index in [1.165, 1.54) is 32.8 Å². The van der Waals surface area contributed by atoms with Crippen molar-refractivity contribution < 1.29 is 14.0 Å². The minimum atomic E-state index is -0.0704. The number of methoxy groups -OCH3 is 1. The molecule has 0 aromatic heterocycles. The zero-order chi connectivity index (χ0) is 13.3. The van der Waals surface area contributed by atoms with E-state index in [1.807, 2.05) is 0 Å². The third kappa shape index (κ3) is 10.3. The number of hydrogen-bond acceptors (Lipinski definition) is 2. The third-order valence-corrected chi connectivity index (χ3v) is 2.95. The Hall–Kier alpha value is -0.570.